The van der Waals surface area contributed by atoms with Crippen LogP contribution in [0.25, 0.3) is 0 Å². The molecule has 0 unspecified atom stereocenters. The fourth-order valence-corrected chi connectivity index (χ4v) is 3.05. The Morgan fingerprint density at radius 2 is 1.94 bits per heavy atom. The molecule has 2 saturated carbocycles. The van der Waals surface area contributed by atoms with Crippen molar-refractivity contribution in [2.75, 3.05) is 13.1 Å². The first kappa shape index (κ1) is 13.9. The molecule has 0 heterocycles. The predicted molar refractivity (Wildman–Crippen MR) is 74.2 cm³/mol. The number of hydrogen-bond acceptors (Lipinski definition) is 2. The van der Waals surface area contributed by atoms with E-state index in [-0.39, 0.29) is 5.54 Å². The van der Waals surface area contributed by atoms with Crippen molar-refractivity contribution in [3.05, 3.63) is 0 Å². The fourth-order valence-electron chi connectivity index (χ4n) is 3.05. The number of carbonyl (C=O) groups is 1. The van der Waals surface area contributed by atoms with Crippen LogP contribution in [0.2, 0.25) is 0 Å². The molecular weight excluding hydrogens is 224 g/mol. The van der Waals surface area contributed by atoms with E-state index in [9.17, 15) is 4.79 Å². The molecule has 18 heavy (non-hydrogen) atoms. The Balaban J connectivity index is 1.86. The first-order valence-electron chi connectivity index (χ1n) is 7.69. The SMILES string of the molecule is CCCN(CC1CC1)C(=O)CC1(N)CCCCC1. The minimum atomic E-state index is -0.203. The standard InChI is InChI=1S/C15H28N2O/c1-2-10-17(12-13-6-7-13)14(18)11-15(16)8-4-3-5-9-15/h13H,2-12,16H2,1H3. The second-order valence-electron chi connectivity index (χ2n) is 6.38. The van der Waals surface area contributed by atoms with Crippen LogP contribution in [-0.2, 0) is 4.79 Å². The molecule has 3 nitrogen and oxygen atoms in total. The highest BCUT2D eigenvalue weighted by Gasteiger charge is 2.33. The number of nitrogens with two attached hydrogens (primary N) is 1. The Morgan fingerprint density at radius 1 is 1.28 bits per heavy atom. The van der Waals surface area contributed by atoms with Crippen LogP contribution in [0.1, 0.15) is 64.7 Å². The van der Waals surface area contributed by atoms with Crippen molar-refractivity contribution in [1.29, 1.82) is 0 Å². The third-order valence-corrected chi connectivity index (χ3v) is 4.37. The van der Waals surface area contributed by atoms with Gasteiger partial charge in [-0.25, -0.2) is 0 Å². The van der Waals surface area contributed by atoms with Crippen LogP contribution in [0.5, 0.6) is 0 Å². The minimum absolute atomic E-state index is 0.203. The van der Waals surface area contributed by atoms with Crippen molar-refractivity contribution in [2.24, 2.45) is 11.7 Å². The van der Waals surface area contributed by atoms with Gasteiger partial charge in [0.25, 0.3) is 0 Å². The predicted octanol–water partition coefficient (Wildman–Crippen LogP) is 2.69. The second-order valence-corrected chi connectivity index (χ2v) is 6.38. The zero-order valence-electron chi connectivity index (χ0n) is 11.8. The van der Waals surface area contributed by atoms with Crippen molar-refractivity contribution >= 4 is 5.91 Å². The van der Waals surface area contributed by atoms with Crippen molar-refractivity contribution in [1.82, 2.24) is 4.90 Å². The molecule has 2 rings (SSSR count). The number of carbonyl (C=O) groups excluding carboxylic acids is 1. The molecule has 0 saturated heterocycles. The van der Waals surface area contributed by atoms with Crippen LogP contribution in [0.4, 0.5) is 0 Å². The van der Waals surface area contributed by atoms with Crippen molar-refractivity contribution in [3.63, 3.8) is 0 Å². The summed E-state index contributed by atoms with van der Waals surface area (Å²) in [6.45, 7) is 4.03. The van der Waals surface area contributed by atoms with Gasteiger partial charge in [-0.05, 0) is 38.0 Å². The van der Waals surface area contributed by atoms with E-state index < -0.39 is 0 Å². The highest BCUT2D eigenvalue weighted by Crippen LogP contribution is 2.32. The second kappa shape index (κ2) is 6.05. The smallest absolute Gasteiger partial charge is 0.224 e. The average molecular weight is 252 g/mol. The molecule has 2 N–H and O–H groups in total. The molecule has 0 atom stereocenters. The molecule has 0 spiro atoms. The first-order chi connectivity index (χ1) is 8.63. The Labute approximate surface area is 111 Å². The van der Waals surface area contributed by atoms with Crippen LogP contribution >= 0.6 is 0 Å². The van der Waals surface area contributed by atoms with Crippen LogP contribution in [0.3, 0.4) is 0 Å². The maximum atomic E-state index is 12.4. The molecule has 0 aromatic heterocycles. The maximum Gasteiger partial charge on any atom is 0.224 e. The van der Waals surface area contributed by atoms with E-state index in [2.05, 4.69) is 11.8 Å². The third-order valence-electron chi connectivity index (χ3n) is 4.37. The van der Waals surface area contributed by atoms with E-state index in [0.29, 0.717) is 12.3 Å². The summed E-state index contributed by atoms with van der Waals surface area (Å²) < 4.78 is 0. The molecule has 2 aliphatic carbocycles. The van der Waals surface area contributed by atoms with Gasteiger partial charge in [0.05, 0.1) is 0 Å². The number of rotatable bonds is 6. The van der Waals surface area contributed by atoms with Crippen LogP contribution in [-0.4, -0.2) is 29.4 Å². The number of amides is 1. The zero-order valence-corrected chi connectivity index (χ0v) is 11.8. The lowest BCUT2D eigenvalue weighted by Crippen LogP contribution is -2.47. The van der Waals surface area contributed by atoms with Gasteiger partial charge in [-0.15, -0.1) is 0 Å². The van der Waals surface area contributed by atoms with Crippen molar-refractivity contribution < 1.29 is 4.79 Å². The highest BCUT2D eigenvalue weighted by molar-refractivity contribution is 5.77. The van der Waals surface area contributed by atoms with Crippen molar-refractivity contribution in [2.45, 2.75) is 70.3 Å². The van der Waals surface area contributed by atoms with Gasteiger partial charge >= 0.3 is 0 Å². The molecule has 2 fully saturated rings. The molecule has 104 valence electrons. The summed E-state index contributed by atoms with van der Waals surface area (Å²) in [5.74, 6) is 1.08. The maximum absolute atomic E-state index is 12.4. The molecule has 0 radical (unpaired) electrons. The first-order valence-corrected chi connectivity index (χ1v) is 7.69. The third kappa shape index (κ3) is 3.98. The van der Waals surface area contributed by atoms with Crippen LogP contribution in [0.15, 0.2) is 0 Å². The molecular formula is C15H28N2O. The lowest BCUT2D eigenvalue weighted by molar-refractivity contribution is -0.133. The fraction of sp³-hybridized carbons (Fsp3) is 0.933. The van der Waals surface area contributed by atoms with E-state index in [1.807, 2.05) is 0 Å². The summed E-state index contributed by atoms with van der Waals surface area (Å²) in [5.41, 5.74) is 6.19. The summed E-state index contributed by atoms with van der Waals surface area (Å²) in [5, 5.41) is 0. The zero-order chi connectivity index (χ0) is 13.0. The van der Waals surface area contributed by atoms with Gasteiger partial charge in [0.2, 0.25) is 5.91 Å². The monoisotopic (exact) mass is 252 g/mol. The largest absolute Gasteiger partial charge is 0.342 e. The number of nitrogens with zero attached hydrogens (tertiary/aromatic N) is 1. The Morgan fingerprint density at radius 3 is 2.50 bits per heavy atom. The summed E-state index contributed by atoms with van der Waals surface area (Å²) in [6.07, 6.45) is 9.97. The summed E-state index contributed by atoms with van der Waals surface area (Å²) >= 11 is 0. The topological polar surface area (TPSA) is 46.3 Å². The summed E-state index contributed by atoms with van der Waals surface area (Å²) in [7, 11) is 0. The Kier molecular flexibility index (Phi) is 4.66. The molecule has 0 aliphatic heterocycles. The quantitative estimate of drug-likeness (QED) is 0.790. The van der Waals surface area contributed by atoms with E-state index in [1.165, 1.54) is 32.1 Å². The van der Waals surface area contributed by atoms with Gasteiger partial charge in [0.1, 0.15) is 0 Å². The van der Waals surface area contributed by atoms with Crippen LogP contribution < -0.4 is 5.73 Å². The Bertz CT molecular complexity index is 280. The van der Waals surface area contributed by atoms with Gasteiger partial charge in [0, 0.05) is 25.0 Å². The van der Waals surface area contributed by atoms with E-state index in [0.717, 1.165) is 38.3 Å². The lowest BCUT2D eigenvalue weighted by Gasteiger charge is -2.35. The molecule has 1 amide bonds. The van der Waals surface area contributed by atoms with Crippen molar-refractivity contribution in [3.8, 4) is 0 Å². The average Bonchev–Trinajstić information content (AvgIpc) is 3.13. The van der Waals surface area contributed by atoms with E-state index >= 15 is 0 Å². The van der Waals surface area contributed by atoms with E-state index in [1.54, 1.807) is 0 Å². The van der Waals surface area contributed by atoms with Gasteiger partial charge in [-0.2, -0.15) is 0 Å². The van der Waals surface area contributed by atoms with Gasteiger partial charge < -0.3 is 10.6 Å². The molecule has 0 aromatic rings. The lowest BCUT2D eigenvalue weighted by atomic mass is 9.80. The van der Waals surface area contributed by atoms with E-state index in [4.69, 9.17) is 5.73 Å². The Hall–Kier alpha value is -0.570. The van der Waals surface area contributed by atoms with Gasteiger partial charge in [-0.1, -0.05) is 26.2 Å². The van der Waals surface area contributed by atoms with Gasteiger partial charge in [0.15, 0.2) is 0 Å². The molecule has 0 aromatic carbocycles. The van der Waals surface area contributed by atoms with Crippen LogP contribution in [0, 0.1) is 5.92 Å². The molecule has 0 bridgehead atoms. The normalized spacial score (nSPS) is 22.8. The minimum Gasteiger partial charge on any atom is -0.342 e. The summed E-state index contributed by atoms with van der Waals surface area (Å²) in [4.78, 5) is 14.5. The molecule has 3 heteroatoms. The highest BCUT2D eigenvalue weighted by atomic mass is 16.2. The molecule has 2 aliphatic rings. The van der Waals surface area contributed by atoms with Gasteiger partial charge in [-0.3, -0.25) is 4.79 Å². The number of hydrogen-bond donors (Lipinski definition) is 1. The summed E-state index contributed by atoms with van der Waals surface area (Å²) in [6, 6.07) is 0.